The summed E-state index contributed by atoms with van der Waals surface area (Å²) < 4.78 is 0. The molecule has 0 spiro atoms. The quantitative estimate of drug-likeness (QED) is 0.316. The van der Waals surface area contributed by atoms with Gasteiger partial charge in [-0.1, -0.05) is 62.2 Å². The van der Waals surface area contributed by atoms with Crippen LogP contribution in [0.5, 0.6) is 0 Å². The monoisotopic (exact) mass is 402 g/mol. The van der Waals surface area contributed by atoms with Gasteiger partial charge < -0.3 is 15.5 Å². The lowest BCUT2D eigenvalue weighted by atomic mass is 9.81. The molecule has 0 saturated carbocycles. The summed E-state index contributed by atoms with van der Waals surface area (Å²) in [4.78, 5) is 6.34. The Morgan fingerprint density at radius 2 is 1.93 bits per heavy atom. The molecule has 1 aromatic carbocycles. The van der Waals surface area contributed by atoms with Gasteiger partial charge in [0.25, 0.3) is 0 Å². The minimum Gasteiger partial charge on any atom is -0.390 e. The van der Waals surface area contributed by atoms with Crippen molar-refractivity contribution in [2.45, 2.75) is 33.1 Å². The minimum absolute atomic E-state index is 0.0871. The Labute approximate surface area is 176 Å². The van der Waals surface area contributed by atoms with E-state index in [4.69, 9.17) is 18.0 Å². The van der Waals surface area contributed by atoms with Gasteiger partial charge in [0, 0.05) is 50.6 Å². The molecule has 1 rings (SSSR count). The van der Waals surface area contributed by atoms with E-state index in [1.54, 1.807) is 0 Å². The van der Waals surface area contributed by atoms with Crippen LogP contribution in [-0.2, 0) is 6.42 Å². The molecule has 0 radical (unpaired) electrons. The number of nitrogens with one attached hydrogen (secondary N) is 2. The van der Waals surface area contributed by atoms with E-state index in [0.717, 1.165) is 48.8 Å². The van der Waals surface area contributed by atoms with Crippen molar-refractivity contribution >= 4 is 17.3 Å². The molecule has 0 aliphatic heterocycles. The number of aliphatic imine (C=N–C) groups is 1. The summed E-state index contributed by atoms with van der Waals surface area (Å²) >= 11 is 6.39. The fourth-order valence-electron chi connectivity index (χ4n) is 3.21. The van der Waals surface area contributed by atoms with Crippen LogP contribution in [0.2, 0.25) is 0 Å². The average molecular weight is 403 g/mol. The van der Waals surface area contributed by atoms with Crippen LogP contribution in [0.15, 0.2) is 46.1 Å². The molecule has 0 aromatic heterocycles. The summed E-state index contributed by atoms with van der Waals surface area (Å²) in [6.07, 6.45) is 8.14. The summed E-state index contributed by atoms with van der Waals surface area (Å²) in [7, 11) is 5.92. The SMILES string of the molecule is C#C/N=C(/CNCC/C(NC)=C(\Cl)CN(C)C)CC(C)(C)Cc1ccccc1. The van der Waals surface area contributed by atoms with Crippen molar-refractivity contribution in [2.24, 2.45) is 10.4 Å². The molecule has 0 amide bonds. The molecule has 0 unspecified atom stereocenters. The Bertz CT molecular complexity index is 684. The Hall–Kier alpha value is -1.80. The van der Waals surface area contributed by atoms with Crippen molar-refractivity contribution in [3.63, 3.8) is 0 Å². The van der Waals surface area contributed by atoms with Gasteiger partial charge in [0.05, 0.1) is 5.03 Å². The Balaban J connectivity index is 2.57. The topological polar surface area (TPSA) is 39.7 Å². The van der Waals surface area contributed by atoms with E-state index in [2.05, 4.69) is 64.7 Å². The third-order valence-corrected chi connectivity index (χ3v) is 4.74. The fourth-order valence-corrected chi connectivity index (χ4v) is 3.64. The summed E-state index contributed by atoms with van der Waals surface area (Å²) in [5.41, 5.74) is 3.49. The molecule has 0 aliphatic rings. The molecule has 0 bridgehead atoms. The molecule has 2 N–H and O–H groups in total. The maximum atomic E-state index is 6.39. The molecule has 5 heteroatoms. The van der Waals surface area contributed by atoms with Crippen molar-refractivity contribution in [1.29, 1.82) is 0 Å². The number of likely N-dealkylation sites (N-methyl/N-ethyl adjacent to an activating group) is 1. The fraction of sp³-hybridized carbons (Fsp3) is 0.522. The third kappa shape index (κ3) is 9.94. The Morgan fingerprint density at radius 1 is 1.25 bits per heavy atom. The molecular formula is C23H35ClN4. The molecule has 1 aromatic rings. The number of benzene rings is 1. The zero-order chi connectivity index (χ0) is 21.0. The maximum absolute atomic E-state index is 6.39. The van der Waals surface area contributed by atoms with Gasteiger partial charge in [-0.15, -0.1) is 0 Å². The van der Waals surface area contributed by atoms with E-state index in [1.165, 1.54) is 5.56 Å². The van der Waals surface area contributed by atoms with Crippen LogP contribution in [0, 0.1) is 17.9 Å². The van der Waals surface area contributed by atoms with Gasteiger partial charge in [-0.2, -0.15) is 0 Å². The van der Waals surface area contributed by atoms with Gasteiger partial charge in [-0.25, -0.2) is 4.99 Å². The largest absolute Gasteiger partial charge is 0.390 e. The number of hydrogen-bond donors (Lipinski definition) is 2. The highest BCUT2D eigenvalue weighted by Crippen LogP contribution is 2.26. The number of halogens is 1. The lowest BCUT2D eigenvalue weighted by molar-refractivity contribution is 0.378. The Kier molecular flexibility index (Phi) is 10.9. The molecule has 28 heavy (non-hydrogen) atoms. The first kappa shape index (κ1) is 24.2. The highest BCUT2D eigenvalue weighted by Gasteiger charge is 2.21. The standard InChI is InChI=1S/C23H35ClN4/c1-7-27-20(16-23(2,3)15-19-11-9-8-10-12-19)17-26-14-13-22(25-4)21(24)18-28(5)6/h1,8-12,25-26H,13-18H2,2-6H3/b22-21+,27-20+. The van der Waals surface area contributed by atoms with Gasteiger partial charge in [-0.05, 0) is 37.9 Å². The molecule has 154 valence electrons. The van der Waals surface area contributed by atoms with Crippen LogP contribution in [0.3, 0.4) is 0 Å². The van der Waals surface area contributed by atoms with Gasteiger partial charge in [0.2, 0.25) is 0 Å². The van der Waals surface area contributed by atoms with E-state index in [1.807, 2.05) is 27.2 Å². The molecule has 0 aliphatic carbocycles. The number of nitrogens with zero attached hydrogens (tertiary/aromatic N) is 2. The van der Waals surface area contributed by atoms with E-state index in [9.17, 15) is 0 Å². The molecule has 0 fully saturated rings. The zero-order valence-corrected chi connectivity index (χ0v) is 18.7. The van der Waals surface area contributed by atoms with Crippen LogP contribution in [-0.4, -0.2) is 51.4 Å². The summed E-state index contributed by atoms with van der Waals surface area (Å²) in [6.45, 7) is 6.74. The molecule has 0 atom stereocenters. The van der Waals surface area contributed by atoms with Gasteiger partial charge in [-0.3, -0.25) is 0 Å². The first-order valence-corrected chi connectivity index (χ1v) is 10.1. The first-order chi connectivity index (χ1) is 13.3. The molecular weight excluding hydrogens is 368 g/mol. The second-order valence-electron chi connectivity index (χ2n) is 8.11. The van der Waals surface area contributed by atoms with Gasteiger partial charge >= 0.3 is 0 Å². The normalized spacial score (nSPS) is 13.3. The number of rotatable bonds is 12. The van der Waals surface area contributed by atoms with E-state index < -0.39 is 0 Å². The second-order valence-corrected chi connectivity index (χ2v) is 8.56. The summed E-state index contributed by atoms with van der Waals surface area (Å²) in [5, 5.41) is 7.50. The van der Waals surface area contributed by atoms with E-state index in [0.29, 0.717) is 6.54 Å². The lowest BCUT2D eigenvalue weighted by Gasteiger charge is -2.25. The average Bonchev–Trinajstić information content (AvgIpc) is 2.61. The first-order valence-electron chi connectivity index (χ1n) is 9.73. The second kappa shape index (κ2) is 12.6. The van der Waals surface area contributed by atoms with E-state index >= 15 is 0 Å². The van der Waals surface area contributed by atoms with Crippen LogP contribution in [0.1, 0.15) is 32.3 Å². The van der Waals surface area contributed by atoms with E-state index in [-0.39, 0.29) is 5.41 Å². The van der Waals surface area contributed by atoms with Crippen LogP contribution >= 0.6 is 11.6 Å². The van der Waals surface area contributed by atoms with Crippen LogP contribution in [0.25, 0.3) is 0 Å². The van der Waals surface area contributed by atoms with Crippen molar-refractivity contribution < 1.29 is 0 Å². The van der Waals surface area contributed by atoms with Gasteiger partial charge in [0.15, 0.2) is 0 Å². The minimum atomic E-state index is 0.0871. The highest BCUT2D eigenvalue weighted by atomic mass is 35.5. The van der Waals surface area contributed by atoms with Crippen LogP contribution < -0.4 is 10.6 Å². The number of terminal acetylenes is 1. The van der Waals surface area contributed by atoms with Gasteiger partial charge in [0.1, 0.15) is 0 Å². The van der Waals surface area contributed by atoms with Crippen molar-refractivity contribution in [2.75, 3.05) is 40.8 Å². The highest BCUT2D eigenvalue weighted by molar-refractivity contribution is 6.30. The summed E-state index contributed by atoms with van der Waals surface area (Å²) in [6, 6.07) is 13.0. The molecule has 0 saturated heterocycles. The summed E-state index contributed by atoms with van der Waals surface area (Å²) in [5.74, 6) is 0. The van der Waals surface area contributed by atoms with Crippen molar-refractivity contribution in [3.05, 3.63) is 46.6 Å². The maximum Gasteiger partial charge on any atom is 0.0510 e. The van der Waals surface area contributed by atoms with Crippen molar-refractivity contribution in [3.8, 4) is 12.5 Å². The zero-order valence-electron chi connectivity index (χ0n) is 18.0. The predicted molar refractivity (Wildman–Crippen MR) is 123 cm³/mol. The Morgan fingerprint density at radius 3 is 2.50 bits per heavy atom. The van der Waals surface area contributed by atoms with Crippen LogP contribution in [0.4, 0.5) is 0 Å². The molecule has 4 nitrogen and oxygen atoms in total. The molecule has 0 heterocycles. The number of hydrogen-bond acceptors (Lipinski definition) is 4. The lowest BCUT2D eigenvalue weighted by Crippen LogP contribution is -2.30. The smallest absolute Gasteiger partial charge is 0.0510 e. The third-order valence-electron chi connectivity index (χ3n) is 4.40. The predicted octanol–water partition coefficient (Wildman–Crippen LogP) is 3.89. The van der Waals surface area contributed by atoms with Crippen molar-refractivity contribution in [1.82, 2.24) is 15.5 Å².